The van der Waals surface area contributed by atoms with Gasteiger partial charge in [-0.1, -0.05) is 0 Å². The van der Waals surface area contributed by atoms with Crippen molar-refractivity contribution in [3.63, 3.8) is 0 Å². The van der Waals surface area contributed by atoms with Gasteiger partial charge in [0.15, 0.2) is 22.8 Å². The number of Topliss-reactive ketones (excluding diaryl/α,β-unsaturated/α-hetero) is 2. The predicted octanol–water partition coefficient (Wildman–Crippen LogP) is 1.59. The average Bonchev–Trinajstić information content (AvgIpc) is 2.24. The van der Waals surface area contributed by atoms with Crippen molar-refractivity contribution in [2.75, 3.05) is 0 Å². The van der Waals surface area contributed by atoms with Crippen LogP contribution >= 0.6 is 0 Å². The molecule has 114 valence electrons. The highest BCUT2D eigenvalue weighted by atomic mass is 16.6. The molecule has 0 aliphatic carbocycles. The van der Waals surface area contributed by atoms with Gasteiger partial charge in [0, 0.05) is 13.8 Å². The number of hydrogen-bond acceptors (Lipinski definition) is 6. The monoisotopic (exact) mass is 286 g/mol. The van der Waals surface area contributed by atoms with Crippen LogP contribution in [0.4, 0.5) is 0 Å². The molecule has 0 aromatic heterocycles. The van der Waals surface area contributed by atoms with Crippen LogP contribution in [0.5, 0.6) is 0 Å². The second-order valence-electron chi connectivity index (χ2n) is 5.26. The second-order valence-corrected chi connectivity index (χ2v) is 5.26. The van der Waals surface area contributed by atoms with Gasteiger partial charge in [0.25, 0.3) is 0 Å². The van der Waals surface area contributed by atoms with E-state index in [9.17, 15) is 19.2 Å². The van der Waals surface area contributed by atoms with Gasteiger partial charge in [-0.15, -0.1) is 0 Å². The summed E-state index contributed by atoms with van der Waals surface area (Å²) in [7, 11) is 0. The lowest BCUT2D eigenvalue weighted by molar-refractivity contribution is -0.170. The van der Waals surface area contributed by atoms with Gasteiger partial charge in [0.05, 0.1) is 0 Å². The summed E-state index contributed by atoms with van der Waals surface area (Å²) < 4.78 is 10.1. The largest absolute Gasteiger partial charge is 0.452 e. The number of rotatable bonds is 7. The summed E-state index contributed by atoms with van der Waals surface area (Å²) in [4.78, 5) is 45.4. The van der Waals surface area contributed by atoms with Crippen molar-refractivity contribution < 1.29 is 28.7 Å². The zero-order valence-corrected chi connectivity index (χ0v) is 12.9. The molecule has 0 rings (SSSR count). The van der Waals surface area contributed by atoms with Crippen molar-refractivity contribution in [1.29, 1.82) is 0 Å². The summed E-state index contributed by atoms with van der Waals surface area (Å²) in [5.41, 5.74) is -2.66. The zero-order valence-electron chi connectivity index (χ0n) is 12.9. The van der Waals surface area contributed by atoms with Crippen molar-refractivity contribution in [1.82, 2.24) is 0 Å². The first-order chi connectivity index (χ1) is 8.93. The fourth-order valence-corrected chi connectivity index (χ4v) is 1.71. The minimum Gasteiger partial charge on any atom is -0.452 e. The van der Waals surface area contributed by atoms with E-state index >= 15 is 0 Å². The minimum atomic E-state index is -1.33. The number of carbonyl (C=O) groups excluding carboxylic acids is 4. The van der Waals surface area contributed by atoms with Crippen LogP contribution in [0, 0.1) is 0 Å². The molecule has 0 saturated carbocycles. The highest BCUT2D eigenvalue weighted by Gasteiger charge is 2.40. The lowest BCUT2D eigenvalue weighted by atomic mass is 9.87. The van der Waals surface area contributed by atoms with Crippen LogP contribution < -0.4 is 0 Å². The van der Waals surface area contributed by atoms with Gasteiger partial charge >= 0.3 is 11.9 Å². The molecule has 0 amide bonds. The molecule has 0 aliphatic heterocycles. The minimum absolute atomic E-state index is 0.0886. The first kappa shape index (κ1) is 18.3. The van der Waals surface area contributed by atoms with Gasteiger partial charge in [-0.3, -0.25) is 19.2 Å². The van der Waals surface area contributed by atoms with E-state index in [2.05, 4.69) is 0 Å². The summed E-state index contributed by atoms with van der Waals surface area (Å²) >= 11 is 0. The number of carbonyl (C=O) groups is 4. The molecule has 0 N–H and O–H groups in total. The van der Waals surface area contributed by atoms with E-state index in [1.807, 2.05) is 0 Å². The third-order valence-corrected chi connectivity index (χ3v) is 3.31. The molecular formula is C14H22O6. The van der Waals surface area contributed by atoms with Gasteiger partial charge in [-0.05, 0) is 40.5 Å². The summed E-state index contributed by atoms with van der Waals surface area (Å²) in [6.45, 7) is 7.98. The first-order valence-electron chi connectivity index (χ1n) is 6.34. The van der Waals surface area contributed by atoms with Crippen molar-refractivity contribution >= 4 is 23.5 Å². The first-order valence-corrected chi connectivity index (χ1v) is 6.34. The van der Waals surface area contributed by atoms with Crippen molar-refractivity contribution in [2.24, 2.45) is 0 Å². The third kappa shape index (κ3) is 5.11. The van der Waals surface area contributed by atoms with Crippen LogP contribution in [0.15, 0.2) is 0 Å². The standard InChI is InChI=1S/C14H22O6/c1-9(15)13(5,19-11(3)17)7-8-14(6,10(2)16)20-12(4)18/h7-8H2,1-6H3/t13-,14+. The smallest absolute Gasteiger partial charge is 0.303 e. The quantitative estimate of drug-likeness (QED) is 0.660. The molecule has 20 heavy (non-hydrogen) atoms. The molecule has 0 aromatic carbocycles. The van der Waals surface area contributed by atoms with E-state index in [0.717, 1.165) is 0 Å². The SMILES string of the molecule is CC(=O)O[C@](C)(CC[C@](C)(OC(C)=O)C(C)=O)C(C)=O. The zero-order chi connectivity index (χ0) is 16.1. The van der Waals surface area contributed by atoms with Crippen LogP contribution in [-0.2, 0) is 28.7 Å². The van der Waals surface area contributed by atoms with Crippen LogP contribution in [0.2, 0.25) is 0 Å². The van der Waals surface area contributed by atoms with Crippen molar-refractivity contribution in [3.8, 4) is 0 Å². The Morgan fingerprint density at radius 3 is 1.10 bits per heavy atom. The fourth-order valence-electron chi connectivity index (χ4n) is 1.71. The number of ketones is 2. The molecule has 2 atom stereocenters. The molecule has 0 aromatic rings. The van der Waals surface area contributed by atoms with Crippen LogP contribution in [0.1, 0.15) is 54.4 Å². The maximum Gasteiger partial charge on any atom is 0.303 e. The molecule has 6 heteroatoms. The summed E-state index contributed by atoms with van der Waals surface area (Å²) in [6.07, 6.45) is 0.177. The van der Waals surface area contributed by atoms with E-state index in [-0.39, 0.29) is 24.4 Å². The molecule has 0 heterocycles. The van der Waals surface area contributed by atoms with E-state index in [0.29, 0.717) is 0 Å². The van der Waals surface area contributed by atoms with Crippen LogP contribution in [0.3, 0.4) is 0 Å². The van der Waals surface area contributed by atoms with Crippen LogP contribution in [-0.4, -0.2) is 34.7 Å². The lowest BCUT2D eigenvalue weighted by Gasteiger charge is -2.32. The van der Waals surface area contributed by atoms with Gasteiger partial charge < -0.3 is 9.47 Å². The molecule has 0 fully saturated rings. The molecular weight excluding hydrogens is 264 g/mol. The van der Waals surface area contributed by atoms with Gasteiger partial charge in [-0.2, -0.15) is 0 Å². The maximum atomic E-state index is 11.6. The summed E-state index contributed by atoms with van der Waals surface area (Å²) in [5.74, 6) is -1.83. The van der Waals surface area contributed by atoms with Gasteiger partial charge in [0.1, 0.15) is 0 Å². The van der Waals surface area contributed by atoms with Gasteiger partial charge in [0.2, 0.25) is 0 Å². The van der Waals surface area contributed by atoms with E-state index < -0.39 is 23.1 Å². The molecule has 0 bridgehead atoms. The summed E-state index contributed by atoms with van der Waals surface area (Å²) in [6, 6.07) is 0. The van der Waals surface area contributed by atoms with E-state index in [1.54, 1.807) is 0 Å². The number of esters is 2. The highest BCUT2D eigenvalue weighted by molar-refractivity contribution is 5.88. The fraction of sp³-hybridized carbons (Fsp3) is 0.714. The normalized spacial score (nSPS) is 16.5. The average molecular weight is 286 g/mol. The van der Waals surface area contributed by atoms with Crippen molar-refractivity contribution in [3.05, 3.63) is 0 Å². The Labute approximate surface area is 118 Å². The Morgan fingerprint density at radius 2 is 0.950 bits per heavy atom. The van der Waals surface area contributed by atoms with Crippen molar-refractivity contribution in [2.45, 2.75) is 65.6 Å². The molecule has 0 unspecified atom stereocenters. The maximum absolute atomic E-state index is 11.6. The second kappa shape index (κ2) is 6.63. The van der Waals surface area contributed by atoms with Gasteiger partial charge in [-0.25, -0.2) is 0 Å². The highest BCUT2D eigenvalue weighted by Crippen LogP contribution is 2.27. The van der Waals surface area contributed by atoms with E-state index in [4.69, 9.17) is 9.47 Å². The Balaban J connectivity index is 5.07. The molecule has 0 spiro atoms. The topological polar surface area (TPSA) is 86.7 Å². The van der Waals surface area contributed by atoms with E-state index in [1.165, 1.54) is 41.5 Å². The Bertz CT molecular complexity index is 387. The Hall–Kier alpha value is -1.72. The molecule has 0 aliphatic rings. The summed E-state index contributed by atoms with van der Waals surface area (Å²) in [5, 5.41) is 0. The molecule has 0 saturated heterocycles. The molecule has 0 radical (unpaired) electrons. The molecule has 6 nitrogen and oxygen atoms in total. The number of ether oxygens (including phenoxy) is 2. The Kier molecular flexibility index (Phi) is 6.06. The Morgan fingerprint density at radius 1 is 0.700 bits per heavy atom. The lowest BCUT2D eigenvalue weighted by Crippen LogP contribution is -2.44. The predicted molar refractivity (Wildman–Crippen MR) is 70.9 cm³/mol. The number of hydrogen-bond donors (Lipinski definition) is 0. The third-order valence-electron chi connectivity index (χ3n) is 3.31. The van der Waals surface area contributed by atoms with Crippen LogP contribution in [0.25, 0.3) is 0 Å².